The highest BCUT2D eigenvalue weighted by atomic mass is 32.1. The maximum Gasteiger partial charge on any atom is 0.315 e. The Hall–Kier alpha value is -1.95. The average molecular weight is 319 g/mol. The zero-order valence-electron chi connectivity index (χ0n) is 12.5. The molecule has 6 heteroatoms. The number of carbonyl (C=O) groups excluding carboxylic acids is 1. The molecule has 1 aromatic heterocycles. The maximum atomic E-state index is 13.4. The predicted octanol–water partition coefficient (Wildman–Crippen LogP) is 3.64. The van der Waals surface area contributed by atoms with Gasteiger partial charge in [-0.3, -0.25) is 0 Å². The Kier molecular flexibility index (Phi) is 4.11. The van der Waals surface area contributed by atoms with E-state index in [1.807, 2.05) is 19.2 Å². The number of thiazole rings is 1. The van der Waals surface area contributed by atoms with Crippen LogP contribution in [-0.4, -0.2) is 11.0 Å². The molecule has 4 nitrogen and oxygen atoms in total. The fraction of sp³-hybridized carbons (Fsp3) is 0.375. The van der Waals surface area contributed by atoms with E-state index in [0.717, 1.165) is 34.7 Å². The number of halogens is 1. The minimum atomic E-state index is -0.265. The molecule has 2 atom stereocenters. The van der Waals surface area contributed by atoms with Gasteiger partial charge in [0.05, 0.1) is 22.8 Å². The van der Waals surface area contributed by atoms with Gasteiger partial charge in [-0.05, 0) is 49.9 Å². The number of carbonyl (C=O) groups is 1. The van der Waals surface area contributed by atoms with E-state index in [1.165, 1.54) is 12.1 Å². The van der Waals surface area contributed by atoms with Gasteiger partial charge >= 0.3 is 6.03 Å². The number of urea groups is 1. The molecular weight excluding hydrogens is 301 g/mol. The summed E-state index contributed by atoms with van der Waals surface area (Å²) >= 11 is 1.56. The van der Waals surface area contributed by atoms with Crippen molar-refractivity contribution in [3.8, 4) is 0 Å². The summed E-state index contributed by atoms with van der Waals surface area (Å²) in [5, 5.41) is 8.73. The molecule has 116 valence electrons. The molecule has 0 aliphatic heterocycles. The summed E-state index contributed by atoms with van der Waals surface area (Å²) in [5.41, 5.74) is 2.85. The smallest absolute Gasteiger partial charge is 0.315 e. The van der Waals surface area contributed by atoms with Crippen molar-refractivity contribution in [2.24, 2.45) is 0 Å². The second kappa shape index (κ2) is 6.04. The summed E-state index contributed by atoms with van der Waals surface area (Å²) in [6, 6.07) is 4.24. The molecule has 0 spiro atoms. The molecule has 2 N–H and O–H groups in total. The van der Waals surface area contributed by atoms with Crippen molar-refractivity contribution in [2.45, 2.75) is 38.8 Å². The second-order valence-corrected chi connectivity index (χ2v) is 6.63. The highest BCUT2D eigenvalue weighted by molar-refractivity contribution is 7.09. The zero-order valence-corrected chi connectivity index (χ0v) is 13.3. The van der Waals surface area contributed by atoms with Crippen LogP contribution in [0.25, 0.3) is 0 Å². The minimum Gasteiger partial charge on any atom is -0.331 e. The lowest BCUT2D eigenvalue weighted by molar-refractivity contribution is 0.234. The Morgan fingerprint density at radius 1 is 1.50 bits per heavy atom. The summed E-state index contributed by atoms with van der Waals surface area (Å²) in [6.07, 6.45) is 1.66. The Morgan fingerprint density at radius 3 is 3.05 bits per heavy atom. The summed E-state index contributed by atoms with van der Waals surface area (Å²) in [5.74, 6) is -0.265. The zero-order chi connectivity index (χ0) is 15.7. The number of aryl methyl sites for hydroxylation is 2. The molecule has 2 aromatic rings. The Balaban J connectivity index is 1.63. The average Bonchev–Trinajstić information content (AvgIpc) is 3.06. The molecule has 1 aromatic carbocycles. The van der Waals surface area contributed by atoms with Crippen LogP contribution in [0.2, 0.25) is 0 Å². The third-order valence-electron chi connectivity index (χ3n) is 3.92. The standard InChI is InChI=1S/C16H18FN3OS/c1-9(15-8-22-10(2)19-15)18-16(21)20-14-6-4-11-3-5-12(17)7-13(11)14/h3,5,7-9,14H,4,6H2,1-2H3,(H2,18,20,21)/t9-,14+/m1/s1. The number of hydrogen-bond acceptors (Lipinski definition) is 3. The molecule has 0 saturated carbocycles. The second-order valence-electron chi connectivity index (χ2n) is 5.57. The molecule has 2 amide bonds. The van der Waals surface area contributed by atoms with Crippen LogP contribution in [0.15, 0.2) is 23.6 Å². The molecule has 1 aliphatic carbocycles. The monoisotopic (exact) mass is 319 g/mol. The van der Waals surface area contributed by atoms with E-state index in [-0.39, 0.29) is 23.9 Å². The number of rotatable bonds is 3. The Morgan fingerprint density at radius 2 is 2.32 bits per heavy atom. The van der Waals surface area contributed by atoms with E-state index in [0.29, 0.717) is 0 Å². The molecule has 1 heterocycles. The molecule has 0 fully saturated rings. The van der Waals surface area contributed by atoms with Gasteiger partial charge in [0.25, 0.3) is 0 Å². The largest absolute Gasteiger partial charge is 0.331 e. The molecule has 3 rings (SSSR count). The topological polar surface area (TPSA) is 54.0 Å². The van der Waals surface area contributed by atoms with E-state index >= 15 is 0 Å². The van der Waals surface area contributed by atoms with Crippen molar-refractivity contribution in [1.29, 1.82) is 0 Å². The van der Waals surface area contributed by atoms with Crippen molar-refractivity contribution in [3.05, 3.63) is 51.2 Å². The lowest BCUT2D eigenvalue weighted by Gasteiger charge is -2.17. The van der Waals surface area contributed by atoms with E-state index in [1.54, 1.807) is 17.4 Å². The quantitative estimate of drug-likeness (QED) is 0.907. The van der Waals surface area contributed by atoms with Crippen molar-refractivity contribution >= 4 is 17.4 Å². The van der Waals surface area contributed by atoms with Crippen LogP contribution in [0.1, 0.15) is 47.3 Å². The van der Waals surface area contributed by atoms with E-state index < -0.39 is 0 Å². The molecule has 0 radical (unpaired) electrons. The van der Waals surface area contributed by atoms with Gasteiger partial charge < -0.3 is 10.6 Å². The fourth-order valence-corrected chi connectivity index (χ4v) is 3.48. The van der Waals surface area contributed by atoms with Crippen molar-refractivity contribution in [2.75, 3.05) is 0 Å². The molecular formula is C16H18FN3OS. The summed E-state index contributed by atoms with van der Waals surface area (Å²) in [4.78, 5) is 16.5. The van der Waals surface area contributed by atoms with Crippen molar-refractivity contribution < 1.29 is 9.18 Å². The van der Waals surface area contributed by atoms with Crippen molar-refractivity contribution in [3.63, 3.8) is 0 Å². The highest BCUT2D eigenvalue weighted by Crippen LogP contribution is 2.31. The van der Waals surface area contributed by atoms with E-state index in [2.05, 4.69) is 15.6 Å². The predicted molar refractivity (Wildman–Crippen MR) is 84.4 cm³/mol. The van der Waals surface area contributed by atoms with Crippen LogP contribution in [0.5, 0.6) is 0 Å². The van der Waals surface area contributed by atoms with Crippen LogP contribution in [-0.2, 0) is 6.42 Å². The van der Waals surface area contributed by atoms with Gasteiger partial charge in [-0.1, -0.05) is 6.07 Å². The lowest BCUT2D eigenvalue weighted by atomic mass is 10.1. The SMILES string of the molecule is Cc1nc([C@@H](C)NC(=O)N[C@H]2CCc3ccc(F)cc32)cs1. The summed E-state index contributed by atoms with van der Waals surface area (Å²) in [7, 11) is 0. The number of nitrogens with zero attached hydrogens (tertiary/aromatic N) is 1. The van der Waals surface area contributed by atoms with E-state index in [9.17, 15) is 9.18 Å². The van der Waals surface area contributed by atoms with Gasteiger partial charge in [0.15, 0.2) is 0 Å². The Labute approximate surface area is 132 Å². The highest BCUT2D eigenvalue weighted by Gasteiger charge is 2.25. The first-order valence-electron chi connectivity index (χ1n) is 7.30. The van der Waals surface area contributed by atoms with Gasteiger partial charge in [0.1, 0.15) is 5.82 Å². The Bertz CT molecular complexity index is 700. The van der Waals surface area contributed by atoms with Gasteiger partial charge in [0, 0.05) is 5.38 Å². The normalized spacial score (nSPS) is 17.9. The van der Waals surface area contributed by atoms with Crippen LogP contribution >= 0.6 is 11.3 Å². The lowest BCUT2D eigenvalue weighted by Crippen LogP contribution is -2.38. The van der Waals surface area contributed by atoms with Gasteiger partial charge in [-0.25, -0.2) is 14.2 Å². The van der Waals surface area contributed by atoms with Crippen molar-refractivity contribution in [1.82, 2.24) is 15.6 Å². The van der Waals surface area contributed by atoms with Gasteiger partial charge in [-0.15, -0.1) is 11.3 Å². The first-order valence-corrected chi connectivity index (χ1v) is 8.18. The van der Waals surface area contributed by atoms with E-state index in [4.69, 9.17) is 0 Å². The summed E-state index contributed by atoms with van der Waals surface area (Å²) < 4.78 is 13.4. The minimum absolute atomic E-state index is 0.130. The molecule has 0 unspecified atom stereocenters. The number of nitrogens with one attached hydrogen (secondary N) is 2. The number of benzene rings is 1. The number of hydrogen-bond donors (Lipinski definition) is 2. The number of amides is 2. The summed E-state index contributed by atoms with van der Waals surface area (Å²) in [6.45, 7) is 3.83. The van der Waals surface area contributed by atoms with Gasteiger partial charge in [-0.2, -0.15) is 0 Å². The molecule has 0 bridgehead atoms. The maximum absolute atomic E-state index is 13.4. The third kappa shape index (κ3) is 3.11. The molecule has 22 heavy (non-hydrogen) atoms. The van der Waals surface area contributed by atoms with Crippen LogP contribution in [0.3, 0.4) is 0 Å². The van der Waals surface area contributed by atoms with Gasteiger partial charge in [0.2, 0.25) is 0 Å². The first kappa shape index (κ1) is 15.0. The molecule has 0 saturated heterocycles. The van der Waals surface area contributed by atoms with Crippen LogP contribution < -0.4 is 10.6 Å². The number of fused-ring (bicyclic) bond motifs is 1. The first-order chi connectivity index (χ1) is 10.5. The number of aromatic nitrogens is 1. The third-order valence-corrected chi connectivity index (χ3v) is 4.71. The molecule has 1 aliphatic rings. The van der Waals surface area contributed by atoms with Crippen LogP contribution in [0.4, 0.5) is 9.18 Å². The fourth-order valence-electron chi connectivity index (χ4n) is 2.77. The van der Waals surface area contributed by atoms with Crippen LogP contribution in [0, 0.1) is 12.7 Å².